The van der Waals surface area contributed by atoms with Gasteiger partial charge in [0.15, 0.2) is 17.4 Å². The van der Waals surface area contributed by atoms with Crippen molar-refractivity contribution in [2.45, 2.75) is 37.0 Å². The van der Waals surface area contributed by atoms with E-state index in [0.29, 0.717) is 0 Å². The van der Waals surface area contributed by atoms with Crippen LogP contribution in [0, 0.1) is 0 Å². The largest absolute Gasteiger partial charge is 0.480 e. The summed E-state index contributed by atoms with van der Waals surface area (Å²) in [6.45, 7) is -1.17. The number of aliphatic hydroxyl groups is 3. The fraction of sp³-hybridized carbons (Fsp3) is 0.571. The maximum atomic E-state index is 12.3. The van der Waals surface area contributed by atoms with Crippen molar-refractivity contribution >= 4 is 30.9 Å². The van der Waals surface area contributed by atoms with Gasteiger partial charge in [-0.2, -0.15) is 4.98 Å². The smallest absolute Gasteiger partial charge is 0.469 e. The summed E-state index contributed by atoms with van der Waals surface area (Å²) in [6, 6.07) is -1.26. The van der Waals surface area contributed by atoms with E-state index < -0.39 is 63.1 Å². The molecule has 1 aliphatic rings. The zero-order chi connectivity index (χ0) is 22.9. The van der Waals surface area contributed by atoms with E-state index in [4.69, 9.17) is 19.6 Å². The number of aliphatic hydroxyl groups excluding tert-OH is 3. The van der Waals surface area contributed by atoms with Gasteiger partial charge in [0, 0.05) is 13.0 Å². The van der Waals surface area contributed by atoms with Gasteiger partial charge >= 0.3 is 13.8 Å². The molecule has 0 unspecified atom stereocenters. The molecule has 1 aliphatic heterocycles. The highest BCUT2D eigenvalue weighted by molar-refractivity contribution is 7.46. The predicted molar refractivity (Wildman–Crippen MR) is 98.8 cm³/mol. The first-order valence-electron chi connectivity index (χ1n) is 8.80. The number of aromatic nitrogens is 4. The maximum absolute atomic E-state index is 12.3. The van der Waals surface area contributed by atoms with Crippen LogP contribution >= 0.6 is 7.82 Å². The lowest BCUT2D eigenvalue weighted by Crippen LogP contribution is -2.33. The van der Waals surface area contributed by atoms with E-state index in [1.165, 1.54) is 0 Å². The number of aromatic amines is 1. The number of aliphatic carboxylic acids is 1. The first kappa shape index (κ1) is 23.2. The van der Waals surface area contributed by atoms with Crippen LogP contribution in [0.2, 0.25) is 0 Å². The Morgan fingerprint density at radius 3 is 2.71 bits per heavy atom. The molecule has 0 amide bonds. The average Bonchev–Trinajstić information content (AvgIpc) is 3.21. The van der Waals surface area contributed by atoms with Gasteiger partial charge in [-0.3, -0.25) is 18.9 Å². The molecule has 8 N–H and O–H groups in total. The third kappa shape index (κ3) is 5.08. The average molecular weight is 465 g/mol. The third-order valence-electron chi connectivity index (χ3n) is 4.48. The Bertz CT molecular complexity index is 1050. The molecule has 2 aromatic heterocycles. The number of fused-ring (bicyclic) bond motifs is 1. The lowest BCUT2D eigenvalue weighted by atomic mass is 10.1. The molecule has 172 valence electrons. The van der Waals surface area contributed by atoms with Gasteiger partial charge in [-0.1, -0.05) is 0 Å². The first-order chi connectivity index (χ1) is 14.5. The minimum atomic E-state index is -4.85. The van der Waals surface area contributed by atoms with Crippen LogP contribution in [0.1, 0.15) is 12.6 Å². The molecule has 0 aromatic carbocycles. The van der Waals surface area contributed by atoms with E-state index >= 15 is 0 Å². The van der Waals surface area contributed by atoms with Crippen LogP contribution < -0.4 is 10.9 Å². The van der Waals surface area contributed by atoms with Crippen LogP contribution in [-0.2, 0) is 18.6 Å². The third-order valence-corrected chi connectivity index (χ3v) is 4.96. The van der Waals surface area contributed by atoms with Crippen molar-refractivity contribution in [3.63, 3.8) is 0 Å². The van der Waals surface area contributed by atoms with Gasteiger partial charge in [-0.25, -0.2) is 14.3 Å². The Balaban J connectivity index is 1.90. The second kappa shape index (κ2) is 8.97. The molecule has 0 aliphatic carbocycles. The van der Waals surface area contributed by atoms with Gasteiger partial charge < -0.3 is 40.3 Å². The van der Waals surface area contributed by atoms with Crippen LogP contribution in [-0.4, -0.2) is 93.3 Å². The highest BCUT2D eigenvalue weighted by atomic mass is 31.2. The topological polar surface area (TPSA) is 250 Å². The minimum Gasteiger partial charge on any atom is -0.480 e. The van der Waals surface area contributed by atoms with Gasteiger partial charge in [0.1, 0.15) is 24.4 Å². The number of carboxylic acid groups (broad SMARTS) is 1. The van der Waals surface area contributed by atoms with Gasteiger partial charge in [-0.15, -0.1) is 0 Å². The molecule has 2 aromatic rings. The quantitative estimate of drug-likeness (QED) is 0.173. The number of nitrogens with zero attached hydrogens (tertiary/aromatic N) is 3. The number of carbonyl (C=O) groups is 1. The summed E-state index contributed by atoms with van der Waals surface area (Å²) in [6.07, 6.45) is -4.93. The number of phosphoric acid groups is 1. The molecule has 1 saturated heterocycles. The first-order valence-corrected chi connectivity index (χ1v) is 10.3. The monoisotopic (exact) mass is 465 g/mol. The zero-order valence-corrected chi connectivity index (χ0v) is 16.5. The summed E-state index contributed by atoms with van der Waals surface area (Å²) in [5.74, 6) is -1.55. The molecule has 5 atom stereocenters. The Kier molecular flexibility index (Phi) is 6.73. The second-order valence-corrected chi connectivity index (χ2v) is 7.86. The number of anilines is 1. The number of nitrogens with one attached hydrogen (secondary N) is 2. The maximum Gasteiger partial charge on any atom is 0.469 e. The predicted octanol–water partition coefficient (Wildman–Crippen LogP) is -2.90. The fourth-order valence-corrected chi connectivity index (χ4v) is 3.34. The molecule has 16 nitrogen and oxygen atoms in total. The summed E-state index contributed by atoms with van der Waals surface area (Å²) in [7, 11) is -4.85. The molecule has 0 radical (unpaired) electrons. The molecule has 31 heavy (non-hydrogen) atoms. The van der Waals surface area contributed by atoms with E-state index in [-0.39, 0.29) is 23.5 Å². The molecular weight excluding hydrogens is 445 g/mol. The van der Waals surface area contributed by atoms with Crippen LogP contribution in [0.4, 0.5) is 5.95 Å². The van der Waals surface area contributed by atoms with Crippen LogP contribution in [0.5, 0.6) is 0 Å². The SMILES string of the molecule is O=C(O)[C@H](CCO)Nc1nc2c(ncn2[C@@H]2O[C@H](COP(=O)(O)O)[C@@H](O)[C@H]2O)c(=O)[nH]1. The molecule has 0 saturated carbocycles. The van der Waals surface area contributed by atoms with Gasteiger partial charge in [0.25, 0.3) is 5.56 Å². The van der Waals surface area contributed by atoms with E-state index in [1.54, 1.807) is 0 Å². The Hall–Kier alpha value is -2.43. The van der Waals surface area contributed by atoms with Gasteiger partial charge in [0.05, 0.1) is 12.9 Å². The molecule has 1 fully saturated rings. The number of H-pyrrole nitrogens is 1. The number of hydrogen-bond acceptors (Lipinski definition) is 11. The minimum absolute atomic E-state index is 0.132. The van der Waals surface area contributed by atoms with Crippen molar-refractivity contribution in [3.05, 3.63) is 16.7 Å². The molecular formula is C14H20N5O11P. The van der Waals surface area contributed by atoms with Crippen molar-refractivity contribution in [1.29, 1.82) is 0 Å². The number of carboxylic acids is 1. The Morgan fingerprint density at radius 1 is 1.39 bits per heavy atom. The van der Waals surface area contributed by atoms with Crippen LogP contribution in [0.15, 0.2) is 11.1 Å². The molecule has 0 spiro atoms. The lowest BCUT2D eigenvalue weighted by Gasteiger charge is -2.17. The van der Waals surface area contributed by atoms with E-state index in [2.05, 4.69) is 24.8 Å². The van der Waals surface area contributed by atoms with E-state index in [9.17, 15) is 29.5 Å². The molecule has 3 heterocycles. The number of hydrogen-bond donors (Lipinski definition) is 8. The van der Waals surface area contributed by atoms with E-state index in [1.807, 2.05) is 0 Å². The summed E-state index contributed by atoms with van der Waals surface area (Å²) in [5.41, 5.74) is -1.05. The van der Waals surface area contributed by atoms with Crippen molar-refractivity contribution in [3.8, 4) is 0 Å². The number of phosphoric ester groups is 1. The van der Waals surface area contributed by atoms with Gasteiger partial charge in [-0.05, 0) is 0 Å². The fourth-order valence-electron chi connectivity index (χ4n) is 3.00. The van der Waals surface area contributed by atoms with Crippen LogP contribution in [0.3, 0.4) is 0 Å². The van der Waals surface area contributed by atoms with E-state index in [0.717, 1.165) is 10.9 Å². The molecule has 0 bridgehead atoms. The number of ether oxygens (including phenoxy) is 1. The summed E-state index contributed by atoms with van der Waals surface area (Å²) < 4.78 is 21.7. The summed E-state index contributed by atoms with van der Waals surface area (Å²) >= 11 is 0. The molecule has 17 heteroatoms. The number of rotatable bonds is 9. The highest BCUT2D eigenvalue weighted by Gasteiger charge is 2.45. The zero-order valence-electron chi connectivity index (χ0n) is 15.6. The van der Waals surface area contributed by atoms with Gasteiger partial charge in [0.2, 0.25) is 5.95 Å². The number of imidazole rings is 1. The standard InChI is InChI=1S/C14H20N5O11P/c20-2-1-5(13(24)25)16-14-17-10-7(11(23)18-14)15-4-19(10)12-9(22)8(21)6(30-12)3-29-31(26,27)28/h4-6,8-9,12,20-22H,1-3H2,(H,24,25)(H2,26,27,28)(H2,16,17,18,23)/t5-,6+,8+,9+,12+/m0/s1. The lowest BCUT2D eigenvalue weighted by molar-refractivity contribution is -0.138. The van der Waals surface area contributed by atoms with Crippen molar-refractivity contribution in [1.82, 2.24) is 19.5 Å². The van der Waals surface area contributed by atoms with Crippen molar-refractivity contribution in [2.24, 2.45) is 0 Å². The summed E-state index contributed by atoms with van der Waals surface area (Å²) in [4.78, 5) is 51.4. The summed E-state index contributed by atoms with van der Waals surface area (Å²) in [5, 5.41) is 41.0. The Labute approximate surface area is 172 Å². The van der Waals surface area contributed by atoms with Crippen molar-refractivity contribution in [2.75, 3.05) is 18.5 Å². The highest BCUT2D eigenvalue weighted by Crippen LogP contribution is 2.38. The van der Waals surface area contributed by atoms with Crippen molar-refractivity contribution < 1.29 is 48.8 Å². The normalized spacial score (nSPS) is 25.1. The second-order valence-electron chi connectivity index (χ2n) is 6.62. The Morgan fingerprint density at radius 2 is 2.10 bits per heavy atom. The molecule has 3 rings (SSSR count). The van der Waals surface area contributed by atoms with Crippen LogP contribution in [0.25, 0.3) is 11.2 Å².